The van der Waals surface area contributed by atoms with Gasteiger partial charge in [0, 0.05) is 17.4 Å². The molecule has 6 aromatic carbocycles. The topological polar surface area (TPSA) is 78.1 Å². The summed E-state index contributed by atoms with van der Waals surface area (Å²) in [6.45, 7) is 6.55. The predicted molar refractivity (Wildman–Crippen MR) is 196 cm³/mol. The van der Waals surface area contributed by atoms with Crippen LogP contribution in [0.3, 0.4) is 0 Å². The molecule has 0 spiro atoms. The molecule has 2 unspecified atom stereocenters. The Labute approximate surface area is 268 Å². The Hall–Kier alpha value is -4.60. The van der Waals surface area contributed by atoms with Crippen LogP contribution in [0.5, 0.6) is 0 Å². The predicted octanol–water partition coefficient (Wildman–Crippen LogP) is 10.4. The third-order valence-electron chi connectivity index (χ3n) is 9.82. The van der Waals surface area contributed by atoms with Gasteiger partial charge in [0.2, 0.25) is 0 Å². The molecule has 2 aliphatic rings. The lowest BCUT2D eigenvalue weighted by molar-refractivity contribution is 0.713. The lowest BCUT2D eigenvalue weighted by Gasteiger charge is -2.10. The molecule has 0 heterocycles. The second kappa shape index (κ2) is 12.1. The number of rotatable bonds is 2. The molecule has 2 aliphatic carbocycles. The largest absolute Gasteiger partial charge is 0.399 e. The van der Waals surface area contributed by atoms with Crippen molar-refractivity contribution in [1.82, 2.24) is 0 Å². The molecule has 0 radical (unpaired) electrons. The van der Waals surface area contributed by atoms with Crippen LogP contribution in [0.4, 0.5) is 11.4 Å². The van der Waals surface area contributed by atoms with Crippen LogP contribution in [-0.2, 0) is 12.8 Å². The maximum atomic E-state index is 6.21. The van der Waals surface area contributed by atoms with Crippen LogP contribution in [0.25, 0.3) is 43.8 Å². The summed E-state index contributed by atoms with van der Waals surface area (Å²) in [4.78, 5) is 0. The van der Waals surface area contributed by atoms with E-state index in [-0.39, 0.29) is 13.5 Å². The van der Waals surface area contributed by atoms with E-state index in [0.29, 0.717) is 5.92 Å². The summed E-state index contributed by atoms with van der Waals surface area (Å²) >= 11 is 0. The summed E-state index contributed by atoms with van der Waals surface area (Å²) in [6, 6.07) is 35.3. The van der Waals surface area contributed by atoms with Crippen molar-refractivity contribution in [3.63, 3.8) is 0 Å². The van der Waals surface area contributed by atoms with Gasteiger partial charge in [-0.25, -0.2) is 0 Å². The van der Waals surface area contributed by atoms with E-state index in [1.165, 1.54) is 90.0 Å². The normalized spacial score (nSPS) is 16.5. The van der Waals surface area contributed by atoms with E-state index in [0.717, 1.165) is 24.2 Å². The Morgan fingerprint density at radius 3 is 1.67 bits per heavy atom. The van der Waals surface area contributed by atoms with E-state index in [9.17, 15) is 0 Å². The van der Waals surface area contributed by atoms with Gasteiger partial charge in [0.1, 0.15) is 0 Å². The van der Waals surface area contributed by atoms with Gasteiger partial charge < -0.3 is 17.2 Å². The molecule has 0 saturated carbocycles. The number of nitrogen functional groups attached to an aromatic ring is 2. The Kier molecular flexibility index (Phi) is 8.16. The summed E-state index contributed by atoms with van der Waals surface area (Å²) in [6.07, 6.45) is 4.66. The second-order valence-corrected chi connectivity index (χ2v) is 13.0. The van der Waals surface area contributed by atoms with Crippen molar-refractivity contribution in [2.24, 2.45) is 5.73 Å². The number of benzene rings is 6. The third kappa shape index (κ3) is 5.81. The van der Waals surface area contributed by atoms with Gasteiger partial charge in [-0.1, -0.05) is 68.9 Å². The fraction of sp³-hybridized carbons (Fsp3) is 0.238. The zero-order valence-electron chi connectivity index (χ0n) is 26.0. The van der Waals surface area contributed by atoms with Crippen LogP contribution in [0.2, 0.25) is 0 Å². The molecule has 0 fully saturated rings. The molecular formula is C42H45N3. The molecule has 6 N–H and O–H groups in total. The lowest BCUT2D eigenvalue weighted by Crippen LogP contribution is -2.05. The van der Waals surface area contributed by atoms with Crippen LogP contribution in [-0.4, -0.2) is 0 Å². The zero-order chi connectivity index (χ0) is 30.5. The van der Waals surface area contributed by atoms with Crippen LogP contribution in [0.15, 0.2) is 97.1 Å². The molecule has 0 aromatic heterocycles. The maximum Gasteiger partial charge on any atom is 0.0323 e. The first kappa shape index (κ1) is 30.4. The lowest BCUT2D eigenvalue weighted by atomic mass is 9.95. The number of anilines is 2. The molecule has 0 bridgehead atoms. The average molecular weight is 592 g/mol. The highest BCUT2D eigenvalue weighted by Crippen LogP contribution is 2.37. The molecule has 0 aliphatic heterocycles. The molecule has 3 nitrogen and oxygen atoms in total. The van der Waals surface area contributed by atoms with Crippen molar-refractivity contribution >= 4 is 32.9 Å². The Morgan fingerprint density at radius 1 is 0.533 bits per heavy atom. The van der Waals surface area contributed by atoms with Gasteiger partial charge in [0.05, 0.1) is 0 Å². The van der Waals surface area contributed by atoms with Crippen molar-refractivity contribution in [3.8, 4) is 22.3 Å². The third-order valence-corrected chi connectivity index (χ3v) is 9.82. The SMILES string of the molecule is C.Cc1cc(N)cc2cc(-c3ccc4c(c3)C(N)CC4)ccc12.Cc1cc(N)cc2cc(-c3ccc4c(c3)CCC4C)ccc12. The molecule has 0 amide bonds. The van der Waals surface area contributed by atoms with Crippen molar-refractivity contribution in [3.05, 3.63) is 130 Å². The highest BCUT2D eigenvalue weighted by molar-refractivity contribution is 5.93. The Morgan fingerprint density at radius 2 is 1.04 bits per heavy atom. The summed E-state index contributed by atoms with van der Waals surface area (Å²) in [7, 11) is 0. The quantitative estimate of drug-likeness (QED) is 0.175. The van der Waals surface area contributed by atoms with Crippen LogP contribution < -0.4 is 17.2 Å². The van der Waals surface area contributed by atoms with Gasteiger partial charge in [-0.3, -0.25) is 0 Å². The highest BCUT2D eigenvalue weighted by Gasteiger charge is 2.20. The standard InChI is InChI=1S/C21H21N.C20H20N2.CH4/c1-13-3-4-17-10-15(5-7-20(13)17)16-6-8-21-14(2)9-19(22)12-18(21)11-16;1-12-8-17(21)10-16-9-14(4-6-18(12)16)15-3-2-13-5-7-20(22)19(13)11-15;/h5-13H,3-4,22H2,1-2H3;2-4,6,8-11,20H,5,7,21-22H2,1H3;1H4. The van der Waals surface area contributed by atoms with Crippen LogP contribution in [0.1, 0.15) is 72.5 Å². The van der Waals surface area contributed by atoms with E-state index in [2.05, 4.69) is 99.6 Å². The average Bonchev–Trinajstić information content (AvgIpc) is 3.57. The second-order valence-electron chi connectivity index (χ2n) is 13.0. The first-order valence-corrected chi connectivity index (χ1v) is 15.9. The molecule has 0 saturated heterocycles. The van der Waals surface area contributed by atoms with Gasteiger partial charge in [-0.15, -0.1) is 0 Å². The van der Waals surface area contributed by atoms with Crippen LogP contribution >= 0.6 is 0 Å². The maximum absolute atomic E-state index is 6.21. The fourth-order valence-electron chi connectivity index (χ4n) is 7.36. The van der Waals surface area contributed by atoms with Gasteiger partial charge >= 0.3 is 0 Å². The number of hydrogen-bond acceptors (Lipinski definition) is 3. The monoisotopic (exact) mass is 591 g/mol. The van der Waals surface area contributed by atoms with Crippen molar-refractivity contribution in [2.45, 2.75) is 65.8 Å². The first-order valence-electron chi connectivity index (χ1n) is 15.9. The minimum Gasteiger partial charge on any atom is -0.399 e. The van der Waals surface area contributed by atoms with Gasteiger partial charge in [-0.2, -0.15) is 0 Å². The molecule has 3 heteroatoms. The van der Waals surface area contributed by atoms with Gasteiger partial charge in [0.25, 0.3) is 0 Å². The first-order chi connectivity index (χ1) is 21.2. The van der Waals surface area contributed by atoms with Crippen molar-refractivity contribution in [1.29, 1.82) is 0 Å². The molecule has 8 rings (SSSR count). The van der Waals surface area contributed by atoms with E-state index in [1.807, 2.05) is 18.2 Å². The van der Waals surface area contributed by atoms with Gasteiger partial charge in [0.15, 0.2) is 0 Å². The van der Waals surface area contributed by atoms with Crippen molar-refractivity contribution < 1.29 is 0 Å². The minimum absolute atomic E-state index is 0. The summed E-state index contributed by atoms with van der Waals surface area (Å²) in [5.74, 6) is 0.711. The molecule has 45 heavy (non-hydrogen) atoms. The number of nitrogens with two attached hydrogens (primary N) is 3. The number of fused-ring (bicyclic) bond motifs is 4. The smallest absolute Gasteiger partial charge is 0.0323 e. The number of aryl methyl sites for hydroxylation is 4. The fourth-order valence-corrected chi connectivity index (χ4v) is 7.36. The minimum atomic E-state index is 0. The van der Waals surface area contributed by atoms with E-state index < -0.39 is 0 Å². The van der Waals surface area contributed by atoms with Crippen LogP contribution in [0, 0.1) is 13.8 Å². The summed E-state index contributed by atoms with van der Waals surface area (Å²) in [5.41, 5.74) is 33.1. The Balaban J connectivity index is 0.000000155. The highest BCUT2D eigenvalue weighted by atomic mass is 14.6. The molecule has 2 atom stereocenters. The molecule has 6 aromatic rings. The summed E-state index contributed by atoms with van der Waals surface area (Å²) in [5, 5.41) is 4.97. The number of hydrogen-bond donors (Lipinski definition) is 3. The van der Waals surface area contributed by atoms with E-state index in [1.54, 1.807) is 0 Å². The van der Waals surface area contributed by atoms with Crippen molar-refractivity contribution in [2.75, 3.05) is 11.5 Å². The van der Waals surface area contributed by atoms with Gasteiger partial charge in [-0.05, 0) is 165 Å². The Bertz CT molecular complexity index is 2050. The van der Waals surface area contributed by atoms with E-state index >= 15 is 0 Å². The molecule has 228 valence electrons. The zero-order valence-corrected chi connectivity index (χ0v) is 26.0. The molecular weight excluding hydrogens is 546 g/mol. The van der Waals surface area contributed by atoms with E-state index in [4.69, 9.17) is 17.2 Å². The summed E-state index contributed by atoms with van der Waals surface area (Å²) < 4.78 is 0.